The molecule has 2 heterocycles. The van der Waals surface area contributed by atoms with Crippen molar-refractivity contribution in [1.82, 2.24) is 15.5 Å². The molecule has 0 bridgehead atoms. The number of nitrogens with one attached hydrogen (secondary N) is 2. The molecule has 7 nitrogen and oxygen atoms in total. The monoisotopic (exact) mass is 423 g/mol. The number of hydrogen-bond acceptors (Lipinski definition) is 5. The Morgan fingerprint density at radius 3 is 2.61 bits per heavy atom. The van der Waals surface area contributed by atoms with Gasteiger partial charge < -0.3 is 14.8 Å². The average molecular weight is 424 g/mol. The van der Waals surface area contributed by atoms with Gasteiger partial charge in [-0.3, -0.25) is 15.0 Å². The maximum atomic E-state index is 13.2. The first kappa shape index (κ1) is 21.2. The molecule has 0 spiro atoms. The van der Waals surface area contributed by atoms with E-state index < -0.39 is 12.1 Å². The lowest BCUT2D eigenvalue weighted by atomic mass is 9.99. The van der Waals surface area contributed by atoms with Crippen LogP contribution in [0.2, 0.25) is 0 Å². The van der Waals surface area contributed by atoms with E-state index in [-0.39, 0.29) is 11.9 Å². The fourth-order valence-electron chi connectivity index (χ4n) is 4.36. The van der Waals surface area contributed by atoms with Gasteiger partial charge in [-0.25, -0.2) is 4.79 Å². The largest absolute Gasteiger partial charge is 0.490 e. The fraction of sp³-hybridized carbons (Fsp3) is 0.417. The molecule has 3 amide bonds. The van der Waals surface area contributed by atoms with Crippen LogP contribution in [0.5, 0.6) is 11.5 Å². The molecule has 31 heavy (non-hydrogen) atoms. The number of likely N-dealkylation sites (tertiary alicyclic amines) is 1. The van der Waals surface area contributed by atoms with Crippen molar-refractivity contribution in [2.75, 3.05) is 26.3 Å². The molecule has 2 aromatic carbocycles. The molecule has 0 saturated carbocycles. The average Bonchev–Trinajstić information content (AvgIpc) is 3.12. The highest BCUT2D eigenvalue weighted by molar-refractivity contribution is 5.97. The van der Waals surface area contributed by atoms with E-state index in [1.807, 2.05) is 49.4 Å². The van der Waals surface area contributed by atoms with E-state index in [2.05, 4.69) is 21.6 Å². The highest BCUT2D eigenvalue weighted by atomic mass is 16.5. The number of nitrogens with zero attached hydrogens (tertiary/aromatic N) is 1. The van der Waals surface area contributed by atoms with Gasteiger partial charge in [-0.15, -0.1) is 0 Å². The molecule has 7 heteroatoms. The van der Waals surface area contributed by atoms with Crippen molar-refractivity contribution in [3.8, 4) is 11.5 Å². The molecule has 1 saturated heterocycles. The minimum Gasteiger partial charge on any atom is -0.490 e. The number of urea groups is 1. The minimum atomic E-state index is -0.563. The molecule has 164 valence electrons. The molecule has 0 aromatic heterocycles. The van der Waals surface area contributed by atoms with Gasteiger partial charge in [0.1, 0.15) is 6.04 Å². The molecule has 2 N–H and O–H groups in total. The van der Waals surface area contributed by atoms with Crippen LogP contribution in [0.1, 0.15) is 49.4 Å². The summed E-state index contributed by atoms with van der Waals surface area (Å²) in [5.74, 6) is 1.20. The second-order valence-corrected chi connectivity index (χ2v) is 7.81. The fourth-order valence-corrected chi connectivity index (χ4v) is 4.36. The summed E-state index contributed by atoms with van der Waals surface area (Å²) in [5.41, 5.74) is 1.96. The first-order valence-corrected chi connectivity index (χ1v) is 11.0. The van der Waals surface area contributed by atoms with E-state index in [0.717, 1.165) is 48.4 Å². The number of carbonyl (C=O) groups is 2. The van der Waals surface area contributed by atoms with Crippen molar-refractivity contribution >= 4 is 11.9 Å². The van der Waals surface area contributed by atoms with Crippen LogP contribution in [-0.4, -0.2) is 43.1 Å². The lowest BCUT2D eigenvalue weighted by Gasteiger charge is -2.32. The van der Waals surface area contributed by atoms with Crippen LogP contribution in [0.15, 0.2) is 48.5 Å². The van der Waals surface area contributed by atoms with Gasteiger partial charge in [0.05, 0.1) is 13.2 Å². The summed E-state index contributed by atoms with van der Waals surface area (Å²) in [6.07, 6.45) is 2.75. The van der Waals surface area contributed by atoms with Crippen molar-refractivity contribution in [3.63, 3.8) is 0 Å². The third-order valence-corrected chi connectivity index (χ3v) is 5.72. The molecule has 4 rings (SSSR count). The van der Waals surface area contributed by atoms with E-state index in [1.165, 1.54) is 0 Å². The van der Waals surface area contributed by atoms with Crippen LogP contribution in [-0.2, 0) is 4.79 Å². The Bertz CT molecular complexity index is 918. The second kappa shape index (κ2) is 9.83. The van der Waals surface area contributed by atoms with Crippen LogP contribution < -0.4 is 20.1 Å². The first-order valence-electron chi connectivity index (χ1n) is 11.0. The van der Waals surface area contributed by atoms with E-state index in [4.69, 9.17) is 9.47 Å². The van der Waals surface area contributed by atoms with Crippen molar-refractivity contribution in [2.45, 2.75) is 38.3 Å². The third kappa shape index (κ3) is 4.82. The van der Waals surface area contributed by atoms with E-state index in [1.54, 1.807) is 0 Å². The second-order valence-electron chi connectivity index (χ2n) is 7.81. The van der Waals surface area contributed by atoms with Crippen molar-refractivity contribution in [1.29, 1.82) is 0 Å². The zero-order valence-corrected chi connectivity index (χ0v) is 17.8. The van der Waals surface area contributed by atoms with Crippen LogP contribution >= 0.6 is 0 Å². The molecule has 0 aliphatic carbocycles. The number of amides is 3. The summed E-state index contributed by atoms with van der Waals surface area (Å²) in [6.45, 7) is 4.32. The van der Waals surface area contributed by atoms with Gasteiger partial charge in [0.2, 0.25) is 5.91 Å². The van der Waals surface area contributed by atoms with Gasteiger partial charge in [0.15, 0.2) is 11.5 Å². The zero-order valence-electron chi connectivity index (χ0n) is 17.8. The van der Waals surface area contributed by atoms with Crippen LogP contribution in [0, 0.1) is 0 Å². The van der Waals surface area contributed by atoms with Gasteiger partial charge in [-0.2, -0.15) is 0 Å². The van der Waals surface area contributed by atoms with Gasteiger partial charge >= 0.3 is 6.03 Å². The number of fused-ring (bicyclic) bond motifs is 1. The molecule has 0 unspecified atom stereocenters. The topological polar surface area (TPSA) is 79.9 Å². The smallest absolute Gasteiger partial charge is 0.321 e. The summed E-state index contributed by atoms with van der Waals surface area (Å²) in [7, 11) is 0. The minimum absolute atomic E-state index is 0.0438. The Labute approximate surface area is 182 Å². The third-order valence-electron chi connectivity index (χ3n) is 5.72. The number of ether oxygens (including phenoxy) is 2. The SMILES string of the molecule is CCNC(=O)NC(=O)[C@H](c1ccccc1)N1CCC[C@H]1c1ccc2c(c1)OCCCO2. The molecular formula is C24H29N3O4. The molecular weight excluding hydrogens is 394 g/mol. The Hall–Kier alpha value is -3.06. The Morgan fingerprint density at radius 1 is 1.06 bits per heavy atom. The molecule has 2 aromatic rings. The maximum absolute atomic E-state index is 13.2. The Morgan fingerprint density at radius 2 is 1.84 bits per heavy atom. The highest BCUT2D eigenvalue weighted by Gasteiger charge is 2.37. The van der Waals surface area contributed by atoms with E-state index in [0.29, 0.717) is 19.8 Å². The number of imide groups is 1. The predicted molar refractivity (Wildman–Crippen MR) is 117 cm³/mol. The molecule has 0 radical (unpaired) electrons. The summed E-state index contributed by atoms with van der Waals surface area (Å²) in [5, 5.41) is 5.15. The summed E-state index contributed by atoms with van der Waals surface area (Å²) < 4.78 is 11.6. The number of carbonyl (C=O) groups excluding carboxylic acids is 2. The van der Waals surface area contributed by atoms with E-state index in [9.17, 15) is 9.59 Å². The van der Waals surface area contributed by atoms with Crippen LogP contribution in [0.25, 0.3) is 0 Å². The van der Waals surface area contributed by atoms with Crippen LogP contribution in [0.4, 0.5) is 4.79 Å². The van der Waals surface area contributed by atoms with Gasteiger partial charge in [-0.05, 0) is 49.6 Å². The number of benzene rings is 2. The summed E-state index contributed by atoms with van der Waals surface area (Å²) in [4.78, 5) is 27.5. The van der Waals surface area contributed by atoms with Crippen molar-refractivity contribution < 1.29 is 19.1 Å². The lowest BCUT2D eigenvalue weighted by Crippen LogP contribution is -2.46. The standard InChI is InChI=1S/C24H29N3O4/c1-2-25-24(29)26-23(28)22(17-8-4-3-5-9-17)27-13-6-10-19(27)18-11-12-20-21(16-18)31-15-7-14-30-20/h3-5,8-9,11-12,16,19,22H,2,6-7,10,13-15H2,1H3,(H2,25,26,28,29)/t19-,22-/m0/s1. The highest BCUT2D eigenvalue weighted by Crippen LogP contribution is 2.41. The molecule has 2 atom stereocenters. The number of rotatable bonds is 5. The maximum Gasteiger partial charge on any atom is 0.321 e. The van der Waals surface area contributed by atoms with E-state index >= 15 is 0 Å². The van der Waals surface area contributed by atoms with Crippen LogP contribution in [0.3, 0.4) is 0 Å². The van der Waals surface area contributed by atoms with Gasteiger partial charge in [-0.1, -0.05) is 36.4 Å². The Balaban J connectivity index is 1.63. The predicted octanol–water partition coefficient (Wildman–Crippen LogP) is 3.57. The molecule has 2 aliphatic rings. The van der Waals surface area contributed by atoms with Gasteiger partial charge in [0.25, 0.3) is 0 Å². The quantitative estimate of drug-likeness (QED) is 0.769. The Kier molecular flexibility index (Phi) is 6.72. The molecule has 2 aliphatic heterocycles. The van der Waals surface area contributed by atoms with Gasteiger partial charge in [0, 0.05) is 19.0 Å². The van der Waals surface area contributed by atoms with Crippen molar-refractivity contribution in [2.24, 2.45) is 0 Å². The number of hydrogen-bond donors (Lipinski definition) is 2. The zero-order chi connectivity index (χ0) is 21.6. The first-order chi connectivity index (χ1) is 15.2. The van der Waals surface area contributed by atoms with Crippen molar-refractivity contribution in [3.05, 3.63) is 59.7 Å². The lowest BCUT2D eigenvalue weighted by molar-refractivity contribution is -0.126. The summed E-state index contributed by atoms with van der Waals surface area (Å²) in [6, 6.07) is 14.7. The summed E-state index contributed by atoms with van der Waals surface area (Å²) >= 11 is 0. The molecule has 1 fully saturated rings. The normalized spacial score (nSPS) is 19.3.